The predicted octanol–water partition coefficient (Wildman–Crippen LogP) is 3.53. The Kier molecular flexibility index (Phi) is 4.65. The Hall–Kier alpha value is -0.580. The van der Waals surface area contributed by atoms with Gasteiger partial charge in [0.1, 0.15) is 5.75 Å². The average molecular weight is 333 g/mol. The SMILES string of the molecule is Oc1c(Cl)cc(C=N[C@@H]2CCC[C@H](O)C2)cc1Br. The molecule has 1 aromatic rings. The van der Waals surface area contributed by atoms with Crippen molar-refractivity contribution in [3.8, 4) is 5.75 Å². The first kappa shape index (κ1) is 13.8. The highest BCUT2D eigenvalue weighted by Crippen LogP contribution is 2.32. The van der Waals surface area contributed by atoms with Gasteiger partial charge in [-0.15, -0.1) is 0 Å². The van der Waals surface area contributed by atoms with Gasteiger partial charge in [0.25, 0.3) is 0 Å². The number of aliphatic hydroxyl groups is 1. The van der Waals surface area contributed by atoms with Crippen molar-refractivity contribution in [1.29, 1.82) is 0 Å². The number of halogens is 2. The predicted molar refractivity (Wildman–Crippen MR) is 76.7 cm³/mol. The van der Waals surface area contributed by atoms with Crippen molar-refractivity contribution >= 4 is 33.7 Å². The van der Waals surface area contributed by atoms with E-state index in [-0.39, 0.29) is 17.9 Å². The summed E-state index contributed by atoms with van der Waals surface area (Å²) in [6.45, 7) is 0. The minimum absolute atomic E-state index is 0.0434. The molecule has 1 aromatic carbocycles. The molecule has 1 saturated carbocycles. The van der Waals surface area contributed by atoms with Crippen LogP contribution in [0, 0.1) is 0 Å². The maximum atomic E-state index is 9.57. The lowest BCUT2D eigenvalue weighted by Gasteiger charge is -2.22. The summed E-state index contributed by atoms with van der Waals surface area (Å²) in [6.07, 6.45) is 5.16. The summed E-state index contributed by atoms with van der Waals surface area (Å²) in [4.78, 5) is 4.47. The standard InChI is InChI=1S/C13H15BrClNO2/c14-11-4-8(5-12(15)13(11)18)7-16-9-2-1-3-10(17)6-9/h4-5,7,9-10,17-18H,1-3,6H2/t9-,10+/m1/s1. The van der Waals surface area contributed by atoms with Crippen LogP contribution >= 0.6 is 27.5 Å². The smallest absolute Gasteiger partial charge is 0.148 e. The molecule has 0 unspecified atom stereocenters. The molecule has 18 heavy (non-hydrogen) atoms. The monoisotopic (exact) mass is 331 g/mol. The van der Waals surface area contributed by atoms with E-state index < -0.39 is 0 Å². The van der Waals surface area contributed by atoms with E-state index in [4.69, 9.17) is 11.6 Å². The van der Waals surface area contributed by atoms with Crippen LogP contribution in [0.5, 0.6) is 5.75 Å². The Labute approximate surface area is 120 Å². The highest BCUT2D eigenvalue weighted by molar-refractivity contribution is 9.10. The van der Waals surface area contributed by atoms with E-state index in [1.807, 2.05) is 0 Å². The van der Waals surface area contributed by atoms with E-state index in [2.05, 4.69) is 20.9 Å². The molecule has 0 saturated heterocycles. The van der Waals surface area contributed by atoms with Crippen LogP contribution < -0.4 is 0 Å². The maximum absolute atomic E-state index is 9.57. The third kappa shape index (κ3) is 3.46. The second-order valence-electron chi connectivity index (χ2n) is 4.59. The van der Waals surface area contributed by atoms with Gasteiger partial charge in [-0.2, -0.15) is 0 Å². The largest absolute Gasteiger partial charge is 0.505 e. The molecule has 98 valence electrons. The third-order valence-electron chi connectivity index (χ3n) is 3.09. The fraction of sp³-hybridized carbons (Fsp3) is 0.462. The molecule has 2 atom stereocenters. The Morgan fingerprint density at radius 3 is 2.83 bits per heavy atom. The normalized spacial score (nSPS) is 24.6. The zero-order valence-electron chi connectivity index (χ0n) is 9.81. The molecule has 0 aliphatic heterocycles. The highest BCUT2D eigenvalue weighted by atomic mass is 79.9. The molecule has 1 aliphatic rings. The summed E-state index contributed by atoms with van der Waals surface area (Å²) in [5.41, 5.74) is 0.838. The van der Waals surface area contributed by atoms with Crippen molar-refractivity contribution < 1.29 is 10.2 Å². The van der Waals surface area contributed by atoms with Crippen molar-refractivity contribution in [3.63, 3.8) is 0 Å². The van der Waals surface area contributed by atoms with E-state index in [0.29, 0.717) is 9.50 Å². The van der Waals surface area contributed by atoms with Gasteiger partial charge >= 0.3 is 0 Å². The first-order valence-electron chi connectivity index (χ1n) is 5.95. The van der Waals surface area contributed by atoms with Crippen LogP contribution in [0.4, 0.5) is 0 Å². The molecular formula is C13H15BrClNO2. The van der Waals surface area contributed by atoms with E-state index in [1.165, 1.54) is 0 Å². The van der Waals surface area contributed by atoms with Gasteiger partial charge in [-0.25, -0.2) is 0 Å². The van der Waals surface area contributed by atoms with Crippen molar-refractivity contribution in [2.75, 3.05) is 0 Å². The van der Waals surface area contributed by atoms with Crippen LogP contribution in [-0.2, 0) is 0 Å². The molecule has 5 heteroatoms. The molecule has 2 N–H and O–H groups in total. The third-order valence-corrected chi connectivity index (χ3v) is 3.99. The van der Waals surface area contributed by atoms with E-state index >= 15 is 0 Å². The first-order chi connectivity index (χ1) is 8.56. The lowest BCUT2D eigenvalue weighted by atomic mass is 9.93. The van der Waals surface area contributed by atoms with Gasteiger partial charge in [0.05, 0.1) is 21.6 Å². The first-order valence-corrected chi connectivity index (χ1v) is 7.12. The number of hydrogen-bond donors (Lipinski definition) is 2. The molecule has 0 amide bonds. The molecule has 0 bridgehead atoms. The zero-order valence-corrected chi connectivity index (χ0v) is 12.2. The molecule has 0 spiro atoms. The van der Waals surface area contributed by atoms with Gasteiger partial charge in [0.2, 0.25) is 0 Å². The number of aromatic hydroxyl groups is 1. The average Bonchev–Trinajstić information content (AvgIpc) is 2.33. The van der Waals surface area contributed by atoms with Gasteiger partial charge < -0.3 is 10.2 Å². The van der Waals surface area contributed by atoms with Gasteiger partial charge in [0, 0.05) is 6.21 Å². The lowest BCUT2D eigenvalue weighted by Crippen LogP contribution is -2.22. The number of hydrogen-bond acceptors (Lipinski definition) is 3. The Morgan fingerprint density at radius 1 is 1.39 bits per heavy atom. The Bertz CT molecular complexity index is 441. The van der Waals surface area contributed by atoms with Crippen LogP contribution in [0.2, 0.25) is 5.02 Å². The minimum atomic E-state index is -0.226. The van der Waals surface area contributed by atoms with Crippen LogP contribution in [0.15, 0.2) is 21.6 Å². The number of nitrogens with zero attached hydrogens (tertiary/aromatic N) is 1. The summed E-state index contributed by atoms with van der Waals surface area (Å²) >= 11 is 9.12. The quantitative estimate of drug-likeness (QED) is 0.814. The molecular weight excluding hydrogens is 318 g/mol. The molecule has 1 fully saturated rings. The zero-order chi connectivity index (χ0) is 13.1. The molecule has 0 aromatic heterocycles. The molecule has 0 heterocycles. The van der Waals surface area contributed by atoms with Crippen LogP contribution in [0.3, 0.4) is 0 Å². The van der Waals surface area contributed by atoms with E-state index in [9.17, 15) is 10.2 Å². The number of aliphatic imine (C=N–C) groups is 1. The van der Waals surface area contributed by atoms with Crippen molar-refractivity contribution in [2.24, 2.45) is 4.99 Å². The Morgan fingerprint density at radius 2 is 2.17 bits per heavy atom. The fourth-order valence-electron chi connectivity index (χ4n) is 2.13. The summed E-state index contributed by atoms with van der Waals surface area (Å²) in [6, 6.07) is 3.62. The van der Waals surface area contributed by atoms with Crippen molar-refractivity contribution in [2.45, 2.75) is 37.8 Å². The number of benzene rings is 1. The second kappa shape index (κ2) is 6.04. The summed E-state index contributed by atoms with van der Waals surface area (Å²) in [7, 11) is 0. The molecule has 1 aliphatic carbocycles. The van der Waals surface area contributed by atoms with E-state index in [1.54, 1.807) is 18.3 Å². The van der Waals surface area contributed by atoms with Crippen LogP contribution in [0.1, 0.15) is 31.2 Å². The fourth-order valence-corrected chi connectivity index (χ4v) is 2.95. The minimum Gasteiger partial charge on any atom is -0.505 e. The maximum Gasteiger partial charge on any atom is 0.148 e. The van der Waals surface area contributed by atoms with Crippen LogP contribution in [0.25, 0.3) is 0 Å². The molecule has 2 rings (SSSR count). The van der Waals surface area contributed by atoms with Gasteiger partial charge in [-0.1, -0.05) is 11.6 Å². The topological polar surface area (TPSA) is 52.8 Å². The Balaban J connectivity index is 2.09. The van der Waals surface area contributed by atoms with Crippen molar-refractivity contribution in [1.82, 2.24) is 0 Å². The van der Waals surface area contributed by atoms with Crippen LogP contribution in [-0.4, -0.2) is 28.6 Å². The van der Waals surface area contributed by atoms with Crippen molar-refractivity contribution in [3.05, 3.63) is 27.2 Å². The van der Waals surface area contributed by atoms with Gasteiger partial charge in [-0.3, -0.25) is 4.99 Å². The molecule has 3 nitrogen and oxygen atoms in total. The number of phenolic OH excluding ortho intramolecular Hbond substituents is 1. The number of rotatable bonds is 2. The highest BCUT2D eigenvalue weighted by Gasteiger charge is 2.18. The summed E-state index contributed by atoms with van der Waals surface area (Å²) in [5, 5.41) is 19.4. The van der Waals surface area contributed by atoms with E-state index in [0.717, 1.165) is 31.2 Å². The number of aliphatic hydroxyl groups excluding tert-OH is 1. The molecule has 0 radical (unpaired) electrons. The van der Waals surface area contributed by atoms with Gasteiger partial charge in [0.15, 0.2) is 0 Å². The van der Waals surface area contributed by atoms with Gasteiger partial charge in [-0.05, 0) is 59.3 Å². The summed E-state index contributed by atoms with van der Waals surface area (Å²) in [5.74, 6) is 0.0434. The second-order valence-corrected chi connectivity index (χ2v) is 5.85. The summed E-state index contributed by atoms with van der Waals surface area (Å²) < 4.78 is 0.556. The number of phenols is 1. The lowest BCUT2D eigenvalue weighted by molar-refractivity contribution is 0.121.